The first-order chi connectivity index (χ1) is 16.0. The molecular weight excluding hydrogens is 442 g/mol. The summed E-state index contributed by atoms with van der Waals surface area (Å²) < 4.78 is 6.63. The van der Waals surface area contributed by atoms with Crippen LogP contribution in [0.3, 0.4) is 0 Å². The molecule has 0 saturated heterocycles. The molecule has 0 amide bonds. The number of ether oxygens (including phenoxy) is 1. The Morgan fingerprint density at radius 1 is 1.12 bits per heavy atom. The number of rotatable bonds is 8. The fraction of sp³-hybridized carbons (Fsp3) is 0.208. The minimum absolute atomic E-state index is 0.0925. The number of aromatic nitrogens is 3. The molecule has 170 valence electrons. The zero-order valence-electron chi connectivity index (χ0n) is 18.1. The fourth-order valence-corrected chi connectivity index (χ4v) is 4.02. The van der Waals surface area contributed by atoms with Crippen LogP contribution in [0.1, 0.15) is 11.1 Å². The third-order valence-corrected chi connectivity index (χ3v) is 5.77. The lowest BCUT2D eigenvalue weighted by Crippen LogP contribution is -2.39. The van der Waals surface area contributed by atoms with E-state index < -0.39 is 11.2 Å². The first-order valence-electron chi connectivity index (χ1n) is 10.4. The van der Waals surface area contributed by atoms with Gasteiger partial charge in [0, 0.05) is 36.8 Å². The number of nitrogens with zero attached hydrogens (tertiary/aromatic N) is 3. The molecule has 2 aromatic heterocycles. The van der Waals surface area contributed by atoms with E-state index in [0.29, 0.717) is 24.7 Å². The fourth-order valence-electron chi connectivity index (χ4n) is 3.81. The summed E-state index contributed by atoms with van der Waals surface area (Å²) in [5.41, 5.74) is 8.01. The van der Waals surface area contributed by atoms with Gasteiger partial charge in [-0.1, -0.05) is 48.0 Å². The highest BCUT2D eigenvalue weighted by atomic mass is 35.5. The van der Waals surface area contributed by atoms with Crippen LogP contribution in [-0.4, -0.2) is 34.8 Å². The number of hydrogen-bond acceptors (Lipinski definition) is 6. The molecule has 0 fully saturated rings. The number of aromatic amines is 1. The van der Waals surface area contributed by atoms with Gasteiger partial charge in [0.2, 0.25) is 0 Å². The van der Waals surface area contributed by atoms with Gasteiger partial charge < -0.3 is 15.4 Å². The van der Waals surface area contributed by atoms with E-state index >= 15 is 0 Å². The number of nitrogens with one attached hydrogen (secondary N) is 1. The summed E-state index contributed by atoms with van der Waals surface area (Å²) in [6.07, 6.45) is 1.70. The highest BCUT2D eigenvalue weighted by Crippen LogP contribution is 2.27. The molecule has 0 bridgehead atoms. The standard InChI is InChI=1S/C24H24ClN5O3/c1-33-13-12-29(15-17-9-10-19(25)18-8-5-11-27-20(17)18)21-22(26)30(24(32)28-23(21)31)14-16-6-3-2-4-7-16/h2-11H,12-15,26H2,1H3,(H,28,31,32). The van der Waals surface area contributed by atoms with Crippen molar-refractivity contribution in [1.29, 1.82) is 0 Å². The Balaban J connectivity index is 1.80. The summed E-state index contributed by atoms with van der Waals surface area (Å²) in [5.74, 6) is 0.0925. The van der Waals surface area contributed by atoms with Crippen molar-refractivity contribution in [3.63, 3.8) is 0 Å². The Morgan fingerprint density at radius 3 is 2.67 bits per heavy atom. The Labute approximate surface area is 195 Å². The second-order valence-electron chi connectivity index (χ2n) is 7.59. The number of pyridine rings is 1. The van der Waals surface area contributed by atoms with Crippen LogP contribution in [-0.2, 0) is 17.8 Å². The van der Waals surface area contributed by atoms with Crippen molar-refractivity contribution in [1.82, 2.24) is 14.5 Å². The lowest BCUT2D eigenvalue weighted by molar-refractivity contribution is 0.205. The molecule has 3 N–H and O–H groups in total. The second-order valence-corrected chi connectivity index (χ2v) is 7.99. The minimum Gasteiger partial charge on any atom is -0.383 e. The van der Waals surface area contributed by atoms with Crippen LogP contribution < -0.4 is 21.9 Å². The van der Waals surface area contributed by atoms with Crippen LogP contribution in [0.15, 0.2) is 70.4 Å². The van der Waals surface area contributed by atoms with Gasteiger partial charge in [0.1, 0.15) is 11.5 Å². The van der Waals surface area contributed by atoms with E-state index in [4.69, 9.17) is 22.1 Å². The van der Waals surface area contributed by atoms with Crippen molar-refractivity contribution in [2.24, 2.45) is 0 Å². The number of methoxy groups -OCH3 is 1. The van der Waals surface area contributed by atoms with E-state index in [-0.39, 0.29) is 18.1 Å². The Morgan fingerprint density at radius 2 is 1.91 bits per heavy atom. The van der Waals surface area contributed by atoms with Crippen LogP contribution >= 0.6 is 11.6 Å². The smallest absolute Gasteiger partial charge is 0.330 e. The van der Waals surface area contributed by atoms with Gasteiger partial charge in [0.05, 0.1) is 18.7 Å². The van der Waals surface area contributed by atoms with Crippen molar-refractivity contribution >= 4 is 34.0 Å². The largest absolute Gasteiger partial charge is 0.383 e. The maximum Gasteiger partial charge on any atom is 0.330 e. The topological polar surface area (TPSA) is 106 Å². The molecule has 0 atom stereocenters. The van der Waals surface area contributed by atoms with E-state index in [0.717, 1.165) is 22.0 Å². The lowest BCUT2D eigenvalue weighted by Gasteiger charge is -2.26. The van der Waals surface area contributed by atoms with Gasteiger partial charge in [-0.15, -0.1) is 0 Å². The number of benzene rings is 2. The summed E-state index contributed by atoms with van der Waals surface area (Å²) in [6.45, 7) is 1.30. The third-order valence-electron chi connectivity index (χ3n) is 5.44. The molecule has 0 spiro atoms. The number of H-pyrrole nitrogens is 1. The quantitative estimate of drug-likeness (QED) is 0.414. The van der Waals surface area contributed by atoms with Gasteiger partial charge in [0.25, 0.3) is 5.56 Å². The predicted molar refractivity (Wildman–Crippen MR) is 131 cm³/mol. The number of halogens is 1. The van der Waals surface area contributed by atoms with Gasteiger partial charge in [-0.25, -0.2) is 4.79 Å². The van der Waals surface area contributed by atoms with Crippen molar-refractivity contribution in [2.45, 2.75) is 13.1 Å². The van der Waals surface area contributed by atoms with Gasteiger partial charge >= 0.3 is 5.69 Å². The predicted octanol–water partition coefficient (Wildman–Crippen LogP) is 3.02. The number of fused-ring (bicyclic) bond motifs is 1. The van der Waals surface area contributed by atoms with Crippen molar-refractivity contribution in [3.8, 4) is 0 Å². The van der Waals surface area contributed by atoms with Crippen LogP contribution in [0.2, 0.25) is 5.02 Å². The monoisotopic (exact) mass is 465 g/mol. The van der Waals surface area contributed by atoms with Crippen LogP contribution in [0.25, 0.3) is 10.9 Å². The molecular formula is C24H24ClN5O3. The average Bonchev–Trinajstić information content (AvgIpc) is 2.82. The van der Waals surface area contributed by atoms with Crippen LogP contribution in [0, 0.1) is 0 Å². The van der Waals surface area contributed by atoms with E-state index in [1.165, 1.54) is 4.57 Å². The molecule has 0 saturated carbocycles. The first kappa shape index (κ1) is 22.6. The zero-order valence-corrected chi connectivity index (χ0v) is 18.9. The SMILES string of the molecule is COCCN(Cc1ccc(Cl)c2cccnc12)c1c(N)n(Cc2ccccc2)c(=O)[nH]c1=O. The molecule has 33 heavy (non-hydrogen) atoms. The van der Waals surface area contributed by atoms with Crippen molar-refractivity contribution in [2.75, 3.05) is 30.9 Å². The van der Waals surface area contributed by atoms with E-state index in [1.54, 1.807) is 24.3 Å². The summed E-state index contributed by atoms with van der Waals surface area (Å²) in [4.78, 5) is 34.2. The molecule has 8 nitrogen and oxygen atoms in total. The van der Waals surface area contributed by atoms with E-state index in [1.807, 2.05) is 48.5 Å². The van der Waals surface area contributed by atoms with Crippen molar-refractivity contribution < 1.29 is 4.74 Å². The Hall–Kier alpha value is -3.62. The zero-order chi connectivity index (χ0) is 23.4. The summed E-state index contributed by atoms with van der Waals surface area (Å²) in [6, 6.07) is 16.8. The highest BCUT2D eigenvalue weighted by Gasteiger charge is 2.20. The molecule has 0 aliphatic carbocycles. The molecule has 9 heteroatoms. The van der Waals surface area contributed by atoms with E-state index in [9.17, 15) is 9.59 Å². The maximum absolute atomic E-state index is 12.9. The molecule has 2 aromatic carbocycles. The lowest BCUT2D eigenvalue weighted by atomic mass is 10.1. The summed E-state index contributed by atoms with van der Waals surface area (Å²) >= 11 is 6.35. The summed E-state index contributed by atoms with van der Waals surface area (Å²) in [7, 11) is 1.58. The Bertz CT molecular complexity index is 1380. The molecule has 2 heterocycles. The highest BCUT2D eigenvalue weighted by molar-refractivity contribution is 6.35. The normalized spacial score (nSPS) is 11.1. The minimum atomic E-state index is -0.560. The molecule has 4 rings (SSSR count). The van der Waals surface area contributed by atoms with Crippen LogP contribution in [0.5, 0.6) is 0 Å². The van der Waals surface area contributed by atoms with Gasteiger partial charge in [-0.2, -0.15) is 0 Å². The Kier molecular flexibility index (Phi) is 6.76. The van der Waals surface area contributed by atoms with Gasteiger partial charge in [-0.3, -0.25) is 19.3 Å². The second kappa shape index (κ2) is 9.89. The molecule has 0 aliphatic rings. The molecule has 0 unspecified atom stereocenters. The number of nitrogens with two attached hydrogens (primary N) is 1. The number of hydrogen-bond donors (Lipinski definition) is 2. The van der Waals surface area contributed by atoms with Crippen molar-refractivity contribution in [3.05, 3.63) is 97.8 Å². The number of anilines is 2. The third kappa shape index (κ3) is 4.76. The van der Waals surface area contributed by atoms with Crippen LogP contribution in [0.4, 0.5) is 11.5 Å². The van der Waals surface area contributed by atoms with Gasteiger partial charge in [-0.05, 0) is 29.3 Å². The first-order valence-corrected chi connectivity index (χ1v) is 10.8. The average molecular weight is 466 g/mol. The molecule has 0 radical (unpaired) electrons. The van der Waals surface area contributed by atoms with Gasteiger partial charge in [0.15, 0.2) is 0 Å². The maximum atomic E-state index is 12.9. The van der Waals surface area contributed by atoms with E-state index in [2.05, 4.69) is 9.97 Å². The summed E-state index contributed by atoms with van der Waals surface area (Å²) in [5, 5.41) is 1.42. The molecule has 0 aliphatic heterocycles. The molecule has 4 aromatic rings. The number of nitrogen functional groups attached to an aromatic ring is 1.